The van der Waals surface area contributed by atoms with E-state index >= 15 is 0 Å². The van der Waals surface area contributed by atoms with E-state index in [1.165, 1.54) is 13.3 Å². The first-order valence-electron chi connectivity index (χ1n) is 9.72. The second-order valence-corrected chi connectivity index (χ2v) is 6.69. The summed E-state index contributed by atoms with van der Waals surface area (Å²) in [6.07, 6.45) is 8.19. The second kappa shape index (κ2) is 12.8. The van der Waals surface area contributed by atoms with Crippen LogP contribution in [0.4, 0.5) is 0 Å². The highest BCUT2D eigenvalue weighted by Crippen LogP contribution is 2.27. The van der Waals surface area contributed by atoms with E-state index in [4.69, 9.17) is 5.73 Å². The van der Waals surface area contributed by atoms with Gasteiger partial charge in [0, 0.05) is 41.5 Å². The van der Waals surface area contributed by atoms with Gasteiger partial charge in [0.15, 0.2) is 5.78 Å². The summed E-state index contributed by atoms with van der Waals surface area (Å²) in [5, 5.41) is 0. The molecule has 0 radical (unpaired) electrons. The number of amides is 1. The molecule has 0 unspecified atom stereocenters. The van der Waals surface area contributed by atoms with Gasteiger partial charge in [-0.15, -0.1) is 0 Å². The smallest absolute Gasteiger partial charge is 0.248 e. The number of carbonyl (C=O) groups excluding carboxylic acids is 2. The standard InChI is InChI=1S/C17H13N3O.C5H8O.C3H8/c18-17(21)16-8-14(12-3-1-5-19-10-12)7-15(9-16)13-4-2-6-20-11-13;1-4(2)5(3)6;1-3-2/h1-11H,(H2,18,21);1H2,2-3H3;3H2,1-2H3. The third-order valence-corrected chi connectivity index (χ3v) is 3.81. The summed E-state index contributed by atoms with van der Waals surface area (Å²) in [7, 11) is 0. The van der Waals surface area contributed by atoms with E-state index in [0.717, 1.165) is 22.3 Å². The maximum atomic E-state index is 11.6. The Morgan fingerprint density at radius 1 is 0.867 bits per heavy atom. The number of hydrogen-bond acceptors (Lipinski definition) is 4. The number of ketones is 1. The third kappa shape index (κ3) is 8.19. The van der Waals surface area contributed by atoms with Crippen molar-refractivity contribution in [2.24, 2.45) is 5.73 Å². The minimum Gasteiger partial charge on any atom is -0.366 e. The van der Waals surface area contributed by atoms with Crippen LogP contribution >= 0.6 is 0 Å². The van der Waals surface area contributed by atoms with Crippen LogP contribution in [-0.2, 0) is 4.79 Å². The normalized spacial score (nSPS) is 9.33. The lowest BCUT2D eigenvalue weighted by Crippen LogP contribution is -2.11. The van der Waals surface area contributed by atoms with Crippen molar-refractivity contribution >= 4 is 11.7 Å². The minimum atomic E-state index is -0.453. The van der Waals surface area contributed by atoms with Gasteiger partial charge in [-0.05, 0) is 60.9 Å². The summed E-state index contributed by atoms with van der Waals surface area (Å²) < 4.78 is 0. The molecule has 0 aliphatic carbocycles. The zero-order chi connectivity index (χ0) is 22.5. The minimum absolute atomic E-state index is 0.0648. The van der Waals surface area contributed by atoms with E-state index in [1.54, 1.807) is 43.8 Å². The van der Waals surface area contributed by atoms with Crippen LogP contribution in [0.1, 0.15) is 44.5 Å². The van der Waals surface area contributed by atoms with Crippen molar-refractivity contribution in [2.75, 3.05) is 0 Å². The Morgan fingerprint density at radius 2 is 1.27 bits per heavy atom. The van der Waals surface area contributed by atoms with Crippen molar-refractivity contribution < 1.29 is 9.59 Å². The number of hydrogen-bond donors (Lipinski definition) is 1. The molecule has 0 spiro atoms. The number of nitrogens with zero attached hydrogens (tertiary/aromatic N) is 2. The van der Waals surface area contributed by atoms with Crippen LogP contribution in [0.15, 0.2) is 79.4 Å². The van der Waals surface area contributed by atoms with Crippen molar-refractivity contribution in [3.63, 3.8) is 0 Å². The van der Waals surface area contributed by atoms with Crippen molar-refractivity contribution in [1.82, 2.24) is 9.97 Å². The van der Waals surface area contributed by atoms with E-state index < -0.39 is 5.91 Å². The van der Waals surface area contributed by atoms with Crippen LogP contribution in [0, 0.1) is 0 Å². The number of aromatic nitrogens is 2. The number of rotatable bonds is 4. The largest absolute Gasteiger partial charge is 0.366 e. The fourth-order valence-corrected chi connectivity index (χ4v) is 2.17. The van der Waals surface area contributed by atoms with Crippen molar-refractivity contribution in [1.29, 1.82) is 0 Å². The molecule has 3 aromatic rings. The summed E-state index contributed by atoms with van der Waals surface area (Å²) in [4.78, 5) is 29.8. The summed E-state index contributed by atoms with van der Waals surface area (Å²) in [6, 6.07) is 13.2. The number of benzene rings is 1. The first kappa shape index (κ1) is 24.4. The quantitative estimate of drug-likeness (QED) is 0.585. The molecule has 156 valence electrons. The number of carbonyl (C=O) groups is 2. The predicted molar refractivity (Wildman–Crippen MR) is 123 cm³/mol. The first-order valence-corrected chi connectivity index (χ1v) is 9.72. The molecule has 5 nitrogen and oxygen atoms in total. The number of Topliss-reactive ketones (excluding diaryl/α,β-unsaturated/α-hetero) is 1. The molecule has 30 heavy (non-hydrogen) atoms. The first-order chi connectivity index (χ1) is 14.3. The van der Waals surface area contributed by atoms with Gasteiger partial charge in [0.2, 0.25) is 5.91 Å². The Labute approximate surface area is 178 Å². The summed E-state index contributed by atoms with van der Waals surface area (Å²) >= 11 is 0. The second-order valence-electron chi connectivity index (χ2n) is 6.69. The number of allylic oxidation sites excluding steroid dienone is 1. The molecule has 0 aliphatic rings. The van der Waals surface area contributed by atoms with Crippen molar-refractivity contribution in [2.45, 2.75) is 34.1 Å². The van der Waals surface area contributed by atoms with Crippen LogP contribution in [0.3, 0.4) is 0 Å². The van der Waals surface area contributed by atoms with Crippen LogP contribution in [0.5, 0.6) is 0 Å². The molecule has 3 rings (SSSR count). The van der Waals surface area contributed by atoms with Crippen LogP contribution in [-0.4, -0.2) is 21.7 Å². The summed E-state index contributed by atoms with van der Waals surface area (Å²) in [6.45, 7) is 10.9. The molecule has 0 saturated heterocycles. The Bertz CT molecular complexity index is 898. The van der Waals surface area contributed by atoms with E-state index in [2.05, 4.69) is 30.4 Å². The summed E-state index contributed by atoms with van der Waals surface area (Å²) in [5.41, 5.74) is 10.2. The average molecular weight is 404 g/mol. The Kier molecular flexibility index (Phi) is 10.4. The fourth-order valence-electron chi connectivity index (χ4n) is 2.17. The molecule has 2 heterocycles. The highest BCUT2D eigenvalue weighted by atomic mass is 16.1. The fraction of sp³-hybridized carbons (Fsp3) is 0.200. The lowest BCUT2D eigenvalue weighted by atomic mass is 9.97. The zero-order valence-corrected chi connectivity index (χ0v) is 18.1. The van der Waals surface area contributed by atoms with Gasteiger partial charge in [-0.3, -0.25) is 19.6 Å². The lowest BCUT2D eigenvalue weighted by molar-refractivity contribution is -0.113. The molecule has 2 N–H and O–H groups in total. The van der Waals surface area contributed by atoms with Crippen molar-refractivity contribution in [3.8, 4) is 22.3 Å². The maximum Gasteiger partial charge on any atom is 0.248 e. The van der Waals surface area contributed by atoms with Gasteiger partial charge in [-0.2, -0.15) is 0 Å². The lowest BCUT2D eigenvalue weighted by Gasteiger charge is -2.08. The van der Waals surface area contributed by atoms with Gasteiger partial charge in [-0.25, -0.2) is 0 Å². The molecule has 2 aromatic heterocycles. The van der Waals surface area contributed by atoms with E-state index in [0.29, 0.717) is 11.1 Å². The van der Waals surface area contributed by atoms with Crippen LogP contribution in [0.2, 0.25) is 0 Å². The molecule has 0 atom stereocenters. The Morgan fingerprint density at radius 3 is 1.53 bits per heavy atom. The zero-order valence-electron chi connectivity index (χ0n) is 18.1. The maximum absolute atomic E-state index is 11.6. The number of pyridine rings is 2. The molecule has 0 saturated carbocycles. The van der Waals surface area contributed by atoms with Gasteiger partial charge in [0.25, 0.3) is 0 Å². The predicted octanol–water partition coefficient (Wildman–Crippen LogP) is 5.48. The molecule has 5 heteroatoms. The topological polar surface area (TPSA) is 85.9 Å². The molecule has 0 bridgehead atoms. The van der Waals surface area contributed by atoms with Gasteiger partial charge in [-0.1, -0.05) is 39.0 Å². The van der Waals surface area contributed by atoms with Crippen LogP contribution < -0.4 is 5.73 Å². The molecular weight excluding hydrogens is 374 g/mol. The average Bonchev–Trinajstić information content (AvgIpc) is 2.75. The highest BCUT2D eigenvalue weighted by molar-refractivity contribution is 5.96. The third-order valence-electron chi connectivity index (χ3n) is 3.81. The number of primary amides is 1. The molecule has 1 aromatic carbocycles. The highest BCUT2D eigenvalue weighted by Gasteiger charge is 2.08. The van der Waals surface area contributed by atoms with Crippen molar-refractivity contribution in [3.05, 3.63) is 85.0 Å². The SMILES string of the molecule is C=C(C)C(C)=O.CCC.NC(=O)c1cc(-c2cccnc2)cc(-c2cccnc2)c1. The van der Waals surface area contributed by atoms with Gasteiger partial charge in [0.05, 0.1) is 0 Å². The van der Waals surface area contributed by atoms with E-state index in [-0.39, 0.29) is 5.78 Å². The molecule has 1 amide bonds. The van der Waals surface area contributed by atoms with Gasteiger partial charge < -0.3 is 5.73 Å². The van der Waals surface area contributed by atoms with E-state index in [1.807, 2.05) is 30.3 Å². The van der Waals surface area contributed by atoms with E-state index in [9.17, 15) is 9.59 Å². The monoisotopic (exact) mass is 403 g/mol. The van der Waals surface area contributed by atoms with Gasteiger partial charge >= 0.3 is 0 Å². The number of nitrogens with two attached hydrogens (primary N) is 1. The summed E-state index contributed by atoms with van der Waals surface area (Å²) in [5.74, 6) is -0.388. The molecule has 0 fully saturated rings. The van der Waals surface area contributed by atoms with Gasteiger partial charge in [0.1, 0.15) is 0 Å². The van der Waals surface area contributed by atoms with Crippen LogP contribution in [0.25, 0.3) is 22.3 Å². The Hall–Kier alpha value is -3.60. The molecule has 0 aliphatic heterocycles. The Balaban J connectivity index is 0.000000426. The molecular formula is C25H29N3O2.